The second-order valence-electron chi connectivity index (χ2n) is 1.83. The minimum absolute atomic E-state index is 0.784. The fourth-order valence-electron chi connectivity index (χ4n) is 0.520. The largest absolute Gasteiger partial charge is 0.295 e. The summed E-state index contributed by atoms with van der Waals surface area (Å²) in [5.41, 5.74) is -0.857. The second-order valence-corrected chi connectivity index (χ2v) is 1.83. The minimum atomic E-state index is -3.74. The average Bonchev–Trinajstić information content (AvgIpc) is 2.55. The van der Waals surface area contributed by atoms with Gasteiger partial charge in [-0.05, 0) is 18.0 Å². The van der Waals surface area contributed by atoms with Crippen LogP contribution in [0.2, 0.25) is 0 Å². The van der Waals surface area contributed by atoms with Crippen molar-refractivity contribution in [3.63, 3.8) is 0 Å². The van der Waals surface area contributed by atoms with Crippen LogP contribution in [0.25, 0.3) is 6.05 Å². The third-order valence-electron chi connectivity index (χ3n) is 0.977. The summed E-state index contributed by atoms with van der Waals surface area (Å²) in [6.45, 7) is -3.56. The number of ketones is 1. The van der Waals surface area contributed by atoms with Gasteiger partial charge in [0, 0.05) is 16.0 Å². The topological polar surface area (TPSA) is 17.1 Å². The first kappa shape index (κ1) is 2.00. The molecule has 1 heteroatoms. The van der Waals surface area contributed by atoms with Crippen LogP contribution < -0.4 is 0 Å². The summed E-state index contributed by atoms with van der Waals surface area (Å²) in [5.74, 6) is -2.00. The van der Waals surface area contributed by atoms with E-state index in [0.29, 0.717) is 0 Å². The number of carbonyl (C=O) groups is 1. The van der Waals surface area contributed by atoms with E-state index in [4.69, 9.17) is 19.2 Å². The van der Waals surface area contributed by atoms with E-state index in [0.717, 1.165) is 0 Å². The van der Waals surface area contributed by atoms with Crippen molar-refractivity contribution in [2.75, 3.05) is 0 Å². The van der Waals surface area contributed by atoms with Gasteiger partial charge in [0.2, 0.25) is 0 Å². The predicted octanol–water partition coefficient (Wildman–Crippen LogP) is 3.07. The highest BCUT2D eigenvalue weighted by Gasteiger charge is 1.92. The van der Waals surface area contributed by atoms with E-state index in [1.165, 1.54) is 0 Å². The van der Waals surface area contributed by atoms with E-state index >= 15 is 0 Å². The number of hydrogen-bond donors (Lipinski definition) is 0. The quantitative estimate of drug-likeness (QED) is 0.664. The molecule has 0 N–H and O–H groups in total. The molecule has 0 fully saturated rings. The van der Waals surface area contributed by atoms with Crippen molar-refractivity contribution in [1.82, 2.24) is 0 Å². The molecule has 0 atom stereocenters. The Balaban J connectivity index is 3.67. The zero-order valence-corrected chi connectivity index (χ0v) is 6.41. The van der Waals surface area contributed by atoms with Crippen molar-refractivity contribution in [3.05, 3.63) is 41.8 Å². The molecule has 1 nitrogen and oxygen atoms in total. The van der Waals surface area contributed by atoms with E-state index in [-0.39, 0.29) is 0 Å². The first-order valence-electron chi connectivity index (χ1n) is 10.2. The van der Waals surface area contributed by atoms with Gasteiger partial charge in [-0.25, -0.2) is 0 Å². The molecule has 0 spiro atoms. The molecule has 0 aliphatic carbocycles. The average molecular weight is 188 g/mol. The normalized spacial score (nSPS) is 30.8. The predicted molar refractivity (Wildman–Crippen MR) is 55.4 cm³/mol. The maximum absolute atomic E-state index is 12.2. The second kappa shape index (κ2) is 5.31. The first-order chi connectivity index (χ1) is 11.9. The molecule has 0 aliphatic rings. The number of benzene rings is 1. The fourth-order valence-corrected chi connectivity index (χ4v) is 0.520. The molecule has 0 bridgehead atoms. The first-order valence-corrected chi connectivity index (χ1v) is 3.20. The third-order valence-corrected chi connectivity index (χ3v) is 0.977. The molecule has 1 aromatic carbocycles. The van der Waals surface area contributed by atoms with E-state index in [9.17, 15) is 4.79 Å². The van der Waals surface area contributed by atoms with Gasteiger partial charge in [0.25, 0.3) is 0 Å². The van der Waals surface area contributed by atoms with Gasteiger partial charge >= 0.3 is 0 Å². The molecule has 0 unspecified atom stereocenters. The highest BCUT2D eigenvalue weighted by molar-refractivity contribution is 5.93. The SMILES string of the molecule is [2H]C(C(=O)C([2H])([2H])C([2H])([2H])C([2H])([2H])[2H])=C([2H])c1c([2H])c([2H])c([2H])c([2H])c1[2H]. The Labute approximate surface area is 98.8 Å². The van der Waals surface area contributed by atoms with Gasteiger partial charge in [0.15, 0.2) is 5.78 Å². The highest BCUT2D eigenvalue weighted by Crippen LogP contribution is 2.01. The van der Waals surface area contributed by atoms with Crippen molar-refractivity contribution in [2.24, 2.45) is 0 Å². The molecule has 0 saturated carbocycles. The zero-order chi connectivity index (χ0) is 21.7. The molecule has 0 aliphatic heterocycles. The smallest absolute Gasteiger partial charge is 0.155 e. The molecule has 1 aromatic rings. The van der Waals surface area contributed by atoms with Gasteiger partial charge in [-0.15, -0.1) is 0 Å². The number of hydrogen-bond acceptors (Lipinski definition) is 1. The molecular weight excluding hydrogens is 160 g/mol. The standard InChI is InChI=1S/C12H14O/c1-2-6-12(13)10-9-11-7-4-3-5-8-11/h3-5,7-10H,2,6H2,1H3/i1D3,2D2,3D,4D,5D,6D2,7D,8D,9D,10D. The Bertz CT molecular complexity index is 789. The van der Waals surface area contributed by atoms with E-state index in [2.05, 4.69) is 0 Å². The van der Waals surface area contributed by atoms with Gasteiger partial charge in [-0.2, -0.15) is 0 Å². The maximum Gasteiger partial charge on any atom is 0.155 e. The molecule has 68 valence electrons. The van der Waals surface area contributed by atoms with E-state index < -0.39 is 73.3 Å². The Hall–Kier alpha value is -1.37. The fraction of sp³-hybridized carbons (Fsp3) is 0.250. The van der Waals surface area contributed by atoms with Gasteiger partial charge < -0.3 is 0 Å². The summed E-state index contributed by atoms with van der Waals surface area (Å²) < 4.78 is 104. The van der Waals surface area contributed by atoms with Crippen LogP contribution in [0.4, 0.5) is 0 Å². The van der Waals surface area contributed by atoms with E-state index in [1.54, 1.807) is 0 Å². The van der Waals surface area contributed by atoms with Gasteiger partial charge in [0.1, 0.15) is 0 Å². The lowest BCUT2D eigenvalue weighted by Gasteiger charge is -1.91. The number of rotatable bonds is 4. The van der Waals surface area contributed by atoms with Crippen molar-refractivity contribution in [3.8, 4) is 0 Å². The van der Waals surface area contributed by atoms with Crippen LogP contribution in [-0.2, 0) is 4.79 Å². The lowest BCUT2D eigenvalue weighted by Crippen LogP contribution is -1.89. The van der Waals surface area contributed by atoms with Crippen LogP contribution in [0.3, 0.4) is 0 Å². The third kappa shape index (κ3) is 3.70. The van der Waals surface area contributed by atoms with Crippen molar-refractivity contribution < 1.29 is 24.0 Å². The summed E-state index contributed by atoms with van der Waals surface area (Å²) in [4.78, 5) is 12.2. The van der Waals surface area contributed by atoms with Crippen LogP contribution in [0.1, 0.15) is 44.4 Å². The molecule has 1 rings (SSSR count). The molecule has 0 saturated heterocycles. The summed E-state index contributed by atoms with van der Waals surface area (Å²) in [6.07, 6.45) is -7.45. The Morgan fingerprint density at radius 1 is 1.69 bits per heavy atom. The van der Waals surface area contributed by atoms with Crippen molar-refractivity contribution in [2.45, 2.75) is 19.6 Å². The van der Waals surface area contributed by atoms with Crippen LogP contribution in [-0.4, -0.2) is 5.78 Å². The highest BCUT2D eigenvalue weighted by atomic mass is 16.1. The molecule has 0 amide bonds. The van der Waals surface area contributed by atoms with Crippen LogP contribution in [0, 0.1) is 0 Å². The van der Waals surface area contributed by atoms with Gasteiger partial charge in [-0.1, -0.05) is 43.1 Å². The Morgan fingerprint density at radius 3 is 3.15 bits per heavy atom. The molecule has 0 radical (unpaired) electrons. The molecule has 0 heterocycles. The number of carbonyl (C=O) groups excluding carboxylic acids is 1. The summed E-state index contributed by atoms with van der Waals surface area (Å²) in [6, 6.07) is -7.08. The lowest BCUT2D eigenvalue weighted by molar-refractivity contribution is -0.114. The summed E-state index contributed by atoms with van der Waals surface area (Å²) >= 11 is 0. The molecule has 13 heavy (non-hydrogen) atoms. The van der Waals surface area contributed by atoms with Crippen LogP contribution in [0.15, 0.2) is 36.3 Å². The van der Waals surface area contributed by atoms with Crippen molar-refractivity contribution in [1.29, 1.82) is 0 Å². The van der Waals surface area contributed by atoms with Gasteiger partial charge in [0.05, 0.1) is 9.60 Å². The lowest BCUT2D eigenvalue weighted by atomic mass is 10.1. The van der Waals surface area contributed by atoms with Gasteiger partial charge in [-0.3, -0.25) is 4.79 Å². The molecular formula is C12H14O. The summed E-state index contributed by atoms with van der Waals surface area (Å²) in [7, 11) is 0. The van der Waals surface area contributed by atoms with Crippen LogP contribution >= 0.6 is 0 Å². The van der Waals surface area contributed by atoms with E-state index in [1.807, 2.05) is 0 Å². The molecule has 0 aromatic heterocycles. The Morgan fingerprint density at radius 2 is 2.46 bits per heavy atom. The van der Waals surface area contributed by atoms with Crippen LogP contribution in [0.5, 0.6) is 0 Å². The zero-order valence-electron chi connectivity index (χ0n) is 20.4. The van der Waals surface area contributed by atoms with Crippen molar-refractivity contribution >= 4 is 11.8 Å². The summed E-state index contributed by atoms with van der Waals surface area (Å²) in [5, 5.41) is 0. The maximum atomic E-state index is 12.2. The number of allylic oxidation sites excluding steroid dienone is 1. The minimum Gasteiger partial charge on any atom is -0.295 e. The monoisotopic (exact) mass is 188 g/mol. The Kier molecular flexibility index (Phi) is 0.817.